The molecule has 2 aliphatic rings. The van der Waals surface area contributed by atoms with Crippen molar-refractivity contribution in [2.75, 3.05) is 12.0 Å². The van der Waals surface area contributed by atoms with Crippen molar-refractivity contribution in [2.24, 2.45) is 11.8 Å². The first-order valence-corrected chi connectivity index (χ1v) is 9.51. The zero-order chi connectivity index (χ0) is 19.3. The molecule has 140 valence electrons. The summed E-state index contributed by atoms with van der Waals surface area (Å²) in [5, 5.41) is 0. The molecule has 28 heavy (non-hydrogen) atoms. The lowest BCUT2D eigenvalue weighted by molar-refractivity contribution is -0.119. The van der Waals surface area contributed by atoms with E-state index >= 15 is 0 Å². The van der Waals surface area contributed by atoms with E-state index in [-0.39, 0.29) is 17.7 Å². The lowest BCUT2D eigenvalue weighted by Crippen LogP contribution is -2.41. The average molecular weight is 369 g/mol. The van der Waals surface area contributed by atoms with Crippen molar-refractivity contribution in [3.05, 3.63) is 102 Å². The Balaban J connectivity index is 1.66. The number of piperidine rings is 1. The van der Waals surface area contributed by atoms with Gasteiger partial charge in [0.1, 0.15) is 5.75 Å². The highest BCUT2D eigenvalue weighted by Gasteiger charge is 2.36. The summed E-state index contributed by atoms with van der Waals surface area (Å²) in [4.78, 5) is 15.0. The van der Waals surface area contributed by atoms with Crippen molar-refractivity contribution in [1.29, 1.82) is 0 Å². The molecule has 1 heterocycles. The van der Waals surface area contributed by atoms with Crippen LogP contribution in [0.2, 0.25) is 0 Å². The highest BCUT2D eigenvalue weighted by atomic mass is 16.5. The van der Waals surface area contributed by atoms with Gasteiger partial charge in [-0.15, -0.1) is 0 Å². The minimum Gasteiger partial charge on any atom is -0.497 e. The van der Waals surface area contributed by atoms with E-state index in [0.29, 0.717) is 6.42 Å². The van der Waals surface area contributed by atoms with Crippen molar-refractivity contribution in [3.8, 4) is 5.75 Å². The fourth-order valence-electron chi connectivity index (χ4n) is 3.77. The van der Waals surface area contributed by atoms with Crippen molar-refractivity contribution in [3.63, 3.8) is 0 Å². The van der Waals surface area contributed by atoms with E-state index in [1.165, 1.54) is 0 Å². The Labute approximate surface area is 165 Å². The normalized spacial score (nSPS) is 21.4. The number of allylic oxidation sites excluding steroid dienone is 6. The van der Waals surface area contributed by atoms with Gasteiger partial charge in [-0.2, -0.15) is 0 Å². The molecule has 0 aromatic heterocycles. The van der Waals surface area contributed by atoms with Gasteiger partial charge in [-0.25, -0.2) is 0 Å². The molecule has 0 spiro atoms. The molecule has 0 radical (unpaired) electrons. The number of benzene rings is 2. The molecular weight excluding hydrogens is 346 g/mol. The number of rotatable bonds is 4. The zero-order valence-corrected chi connectivity index (χ0v) is 15.9. The molecule has 0 bridgehead atoms. The predicted octanol–water partition coefficient (Wildman–Crippen LogP) is 5.39. The van der Waals surface area contributed by atoms with Crippen LogP contribution >= 0.6 is 0 Å². The Morgan fingerprint density at radius 1 is 1.00 bits per heavy atom. The van der Waals surface area contributed by atoms with Crippen LogP contribution in [0.5, 0.6) is 5.75 Å². The standard InChI is InChI=1S/C25H23NO2/c1-28-22-16-14-21(15-17-22)26-24-11-7-3-6-10-23(24)20(18-25(26)27)13-12-19-8-4-2-5-9-19/h2-17,20,23H,18H2,1H3/b13-12+/t20-,23+/m1/s1. The summed E-state index contributed by atoms with van der Waals surface area (Å²) >= 11 is 0. The molecular formula is C25H23NO2. The van der Waals surface area contributed by atoms with Crippen LogP contribution in [0.1, 0.15) is 12.0 Å². The molecule has 1 amide bonds. The Morgan fingerprint density at radius 3 is 2.54 bits per heavy atom. The average Bonchev–Trinajstić information content (AvgIpc) is 2.99. The number of ether oxygens (including phenoxy) is 1. The molecule has 1 saturated heterocycles. The molecule has 4 rings (SSSR count). The topological polar surface area (TPSA) is 29.5 Å². The van der Waals surface area contributed by atoms with Gasteiger partial charge in [-0.05, 0) is 41.8 Å². The second-order valence-corrected chi connectivity index (χ2v) is 6.95. The van der Waals surface area contributed by atoms with E-state index < -0.39 is 0 Å². The molecule has 3 nitrogen and oxygen atoms in total. The molecule has 0 unspecified atom stereocenters. The van der Waals surface area contributed by atoms with E-state index in [2.05, 4.69) is 42.5 Å². The number of hydrogen-bond acceptors (Lipinski definition) is 2. The van der Waals surface area contributed by atoms with Gasteiger partial charge in [0.25, 0.3) is 0 Å². The van der Waals surface area contributed by atoms with Crippen LogP contribution < -0.4 is 9.64 Å². The Hall–Kier alpha value is -3.33. The lowest BCUT2D eigenvalue weighted by Gasteiger charge is -2.38. The third kappa shape index (κ3) is 3.70. The molecule has 3 heteroatoms. The minimum absolute atomic E-state index is 0.110. The number of fused-ring (bicyclic) bond motifs is 1. The first-order valence-electron chi connectivity index (χ1n) is 9.51. The molecule has 2 atom stereocenters. The van der Waals surface area contributed by atoms with Crippen molar-refractivity contribution in [1.82, 2.24) is 0 Å². The molecule has 0 N–H and O–H groups in total. The van der Waals surface area contributed by atoms with Gasteiger partial charge in [0.15, 0.2) is 0 Å². The summed E-state index contributed by atoms with van der Waals surface area (Å²) in [6.07, 6.45) is 15.1. The molecule has 1 aliphatic heterocycles. The quantitative estimate of drug-likeness (QED) is 0.723. The molecule has 2 aromatic rings. The highest BCUT2D eigenvalue weighted by molar-refractivity contribution is 5.98. The summed E-state index contributed by atoms with van der Waals surface area (Å²) in [5.74, 6) is 1.17. The van der Waals surface area contributed by atoms with Crippen LogP contribution in [0.15, 0.2) is 96.8 Å². The minimum atomic E-state index is 0.110. The second-order valence-electron chi connectivity index (χ2n) is 6.95. The maximum Gasteiger partial charge on any atom is 0.231 e. The van der Waals surface area contributed by atoms with Crippen LogP contribution in [0.25, 0.3) is 6.08 Å². The van der Waals surface area contributed by atoms with Gasteiger partial charge in [0, 0.05) is 23.7 Å². The van der Waals surface area contributed by atoms with E-state index in [1.54, 1.807) is 7.11 Å². The molecule has 1 aliphatic carbocycles. The third-order valence-corrected chi connectivity index (χ3v) is 5.19. The molecule has 2 aromatic carbocycles. The largest absolute Gasteiger partial charge is 0.497 e. The predicted molar refractivity (Wildman–Crippen MR) is 114 cm³/mol. The van der Waals surface area contributed by atoms with Gasteiger partial charge in [0.2, 0.25) is 5.91 Å². The first-order chi connectivity index (χ1) is 13.8. The number of methoxy groups -OCH3 is 1. The van der Waals surface area contributed by atoms with Crippen LogP contribution in [-0.4, -0.2) is 13.0 Å². The van der Waals surface area contributed by atoms with Crippen LogP contribution in [0.4, 0.5) is 5.69 Å². The molecule has 1 fully saturated rings. The number of amides is 1. The Morgan fingerprint density at radius 2 is 1.79 bits per heavy atom. The number of anilines is 1. The number of carbonyl (C=O) groups excluding carboxylic acids is 1. The third-order valence-electron chi connectivity index (χ3n) is 5.19. The number of hydrogen-bond donors (Lipinski definition) is 0. The van der Waals surface area contributed by atoms with E-state index in [4.69, 9.17) is 4.74 Å². The SMILES string of the molecule is COc1ccc(N2C(=O)C[C@@H](/C=C/c3ccccc3)[C@@H]3C=CC=CC=C32)cc1. The second kappa shape index (κ2) is 8.13. The van der Waals surface area contributed by atoms with Crippen LogP contribution in [0.3, 0.4) is 0 Å². The van der Waals surface area contributed by atoms with Gasteiger partial charge < -0.3 is 4.74 Å². The summed E-state index contributed by atoms with van der Waals surface area (Å²) < 4.78 is 5.25. The van der Waals surface area contributed by atoms with Gasteiger partial charge in [-0.3, -0.25) is 9.69 Å². The fraction of sp³-hybridized carbons (Fsp3) is 0.160. The van der Waals surface area contributed by atoms with Crippen LogP contribution in [-0.2, 0) is 4.79 Å². The first kappa shape index (κ1) is 18.1. The van der Waals surface area contributed by atoms with Gasteiger partial charge in [-0.1, -0.05) is 66.8 Å². The monoisotopic (exact) mass is 369 g/mol. The lowest BCUT2D eigenvalue weighted by atomic mass is 9.81. The van der Waals surface area contributed by atoms with E-state index in [9.17, 15) is 4.79 Å². The summed E-state index contributed by atoms with van der Waals surface area (Å²) in [7, 11) is 1.64. The summed E-state index contributed by atoms with van der Waals surface area (Å²) in [5.41, 5.74) is 3.03. The summed E-state index contributed by atoms with van der Waals surface area (Å²) in [6, 6.07) is 17.9. The smallest absolute Gasteiger partial charge is 0.231 e. The van der Waals surface area contributed by atoms with Crippen molar-refractivity contribution in [2.45, 2.75) is 6.42 Å². The van der Waals surface area contributed by atoms with Gasteiger partial charge >= 0.3 is 0 Å². The van der Waals surface area contributed by atoms with E-state index in [1.807, 2.05) is 59.5 Å². The Kier molecular flexibility index (Phi) is 5.24. The zero-order valence-electron chi connectivity index (χ0n) is 15.9. The van der Waals surface area contributed by atoms with Crippen molar-refractivity contribution >= 4 is 17.7 Å². The van der Waals surface area contributed by atoms with Gasteiger partial charge in [0.05, 0.1) is 7.11 Å². The number of carbonyl (C=O) groups is 1. The van der Waals surface area contributed by atoms with E-state index in [0.717, 1.165) is 22.7 Å². The van der Waals surface area contributed by atoms with Crippen molar-refractivity contribution < 1.29 is 9.53 Å². The maximum atomic E-state index is 13.1. The highest BCUT2D eigenvalue weighted by Crippen LogP contribution is 2.39. The summed E-state index contributed by atoms with van der Waals surface area (Å²) in [6.45, 7) is 0. The maximum absolute atomic E-state index is 13.1. The van der Waals surface area contributed by atoms with Crippen LogP contribution in [0, 0.1) is 11.8 Å². The fourth-order valence-corrected chi connectivity index (χ4v) is 3.77. The molecule has 0 saturated carbocycles. The number of nitrogens with zero attached hydrogens (tertiary/aromatic N) is 1. The Bertz CT molecular complexity index is 952.